The molecule has 0 saturated heterocycles. The molecule has 5 heteroatoms. The SMILES string of the molecule is CCC(CC)c1cc(CNC(=NC)NC2CCCCC2)on1. The predicted molar refractivity (Wildman–Crippen MR) is 90.0 cm³/mol. The van der Waals surface area contributed by atoms with Crippen molar-refractivity contribution in [2.75, 3.05) is 7.05 Å². The lowest BCUT2D eigenvalue weighted by molar-refractivity contribution is 0.366. The normalized spacial score (nSPS) is 17.0. The zero-order chi connectivity index (χ0) is 15.8. The van der Waals surface area contributed by atoms with Crippen LogP contribution in [0.5, 0.6) is 0 Å². The van der Waals surface area contributed by atoms with Gasteiger partial charge in [-0.3, -0.25) is 4.99 Å². The van der Waals surface area contributed by atoms with Crippen LogP contribution in [0, 0.1) is 0 Å². The van der Waals surface area contributed by atoms with Crippen molar-refractivity contribution >= 4 is 5.96 Å². The number of aliphatic imine (C=N–C) groups is 1. The first-order chi connectivity index (χ1) is 10.8. The molecular formula is C17H30N4O. The zero-order valence-corrected chi connectivity index (χ0v) is 14.2. The molecule has 0 bridgehead atoms. The Morgan fingerprint density at radius 2 is 2.05 bits per heavy atom. The van der Waals surface area contributed by atoms with E-state index in [1.54, 1.807) is 0 Å². The second-order valence-corrected chi connectivity index (χ2v) is 6.14. The van der Waals surface area contributed by atoms with E-state index < -0.39 is 0 Å². The van der Waals surface area contributed by atoms with Crippen LogP contribution in [0.4, 0.5) is 0 Å². The van der Waals surface area contributed by atoms with Gasteiger partial charge in [0.2, 0.25) is 0 Å². The van der Waals surface area contributed by atoms with Crippen LogP contribution in [-0.2, 0) is 6.54 Å². The van der Waals surface area contributed by atoms with Gasteiger partial charge in [0.1, 0.15) is 0 Å². The Bertz CT molecular complexity index is 459. The Balaban J connectivity index is 1.82. The van der Waals surface area contributed by atoms with E-state index >= 15 is 0 Å². The largest absolute Gasteiger partial charge is 0.359 e. The molecule has 0 aromatic carbocycles. The van der Waals surface area contributed by atoms with Crippen molar-refractivity contribution in [2.45, 2.75) is 77.3 Å². The van der Waals surface area contributed by atoms with E-state index in [0.717, 1.165) is 30.3 Å². The number of rotatable bonds is 6. The Kier molecular flexibility index (Phi) is 6.74. The highest BCUT2D eigenvalue weighted by atomic mass is 16.5. The summed E-state index contributed by atoms with van der Waals surface area (Å²) < 4.78 is 5.44. The molecule has 0 amide bonds. The highest BCUT2D eigenvalue weighted by Crippen LogP contribution is 2.22. The molecule has 0 atom stereocenters. The third-order valence-electron chi connectivity index (χ3n) is 4.58. The van der Waals surface area contributed by atoms with Crippen molar-refractivity contribution in [3.8, 4) is 0 Å². The fraction of sp³-hybridized carbons (Fsp3) is 0.765. The van der Waals surface area contributed by atoms with Crippen LogP contribution in [0.3, 0.4) is 0 Å². The van der Waals surface area contributed by atoms with Gasteiger partial charge in [0.05, 0.1) is 12.2 Å². The summed E-state index contributed by atoms with van der Waals surface area (Å²) in [4.78, 5) is 4.30. The lowest BCUT2D eigenvalue weighted by Crippen LogP contribution is -2.43. The van der Waals surface area contributed by atoms with Crippen LogP contribution in [0.25, 0.3) is 0 Å². The molecule has 5 nitrogen and oxygen atoms in total. The van der Waals surface area contributed by atoms with Crippen LogP contribution in [0.15, 0.2) is 15.6 Å². The number of aromatic nitrogens is 1. The van der Waals surface area contributed by atoms with Gasteiger partial charge in [-0.1, -0.05) is 38.3 Å². The Morgan fingerprint density at radius 3 is 2.68 bits per heavy atom. The highest BCUT2D eigenvalue weighted by Gasteiger charge is 2.16. The standard InChI is InChI=1S/C17H30N4O/c1-4-13(5-2)16-11-15(22-21-16)12-19-17(18-3)20-14-9-7-6-8-10-14/h11,13-14H,4-10,12H2,1-3H3,(H2,18,19,20). The maximum absolute atomic E-state index is 5.44. The van der Waals surface area contributed by atoms with Crippen LogP contribution in [0.2, 0.25) is 0 Å². The fourth-order valence-electron chi connectivity index (χ4n) is 3.12. The van der Waals surface area contributed by atoms with Crippen molar-refractivity contribution in [1.29, 1.82) is 0 Å². The van der Waals surface area contributed by atoms with Crippen molar-refractivity contribution in [3.63, 3.8) is 0 Å². The molecule has 1 aliphatic carbocycles. The number of guanidine groups is 1. The van der Waals surface area contributed by atoms with Crippen molar-refractivity contribution in [1.82, 2.24) is 15.8 Å². The molecule has 1 heterocycles. The monoisotopic (exact) mass is 306 g/mol. The third-order valence-corrected chi connectivity index (χ3v) is 4.58. The molecule has 0 unspecified atom stereocenters. The van der Waals surface area contributed by atoms with E-state index in [9.17, 15) is 0 Å². The quantitative estimate of drug-likeness (QED) is 0.623. The minimum atomic E-state index is 0.497. The van der Waals surface area contributed by atoms with Crippen LogP contribution < -0.4 is 10.6 Å². The van der Waals surface area contributed by atoms with Gasteiger partial charge in [0.15, 0.2) is 11.7 Å². The molecule has 0 radical (unpaired) electrons. The summed E-state index contributed by atoms with van der Waals surface area (Å²) >= 11 is 0. The second-order valence-electron chi connectivity index (χ2n) is 6.14. The maximum Gasteiger partial charge on any atom is 0.191 e. The molecule has 0 spiro atoms. The molecule has 0 aliphatic heterocycles. The van der Waals surface area contributed by atoms with E-state index in [-0.39, 0.29) is 0 Å². The van der Waals surface area contributed by atoms with E-state index in [0.29, 0.717) is 18.5 Å². The highest BCUT2D eigenvalue weighted by molar-refractivity contribution is 5.79. The lowest BCUT2D eigenvalue weighted by Gasteiger charge is -2.24. The average Bonchev–Trinajstić information content (AvgIpc) is 3.02. The molecular weight excluding hydrogens is 276 g/mol. The van der Waals surface area contributed by atoms with Gasteiger partial charge in [-0.25, -0.2) is 0 Å². The summed E-state index contributed by atoms with van der Waals surface area (Å²) in [6, 6.07) is 2.62. The Labute approximate surface area is 133 Å². The van der Waals surface area contributed by atoms with E-state index in [2.05, 4.69) is 40.7 Å². The average molecular weight is 306 g/mol. The summed E-state index contributed by atoms with van der Waals surface area (Å²) in [7, 11) is 1.81. The van der Waals surface area contributed by atoms with Crippen LogP contribution in [0.1, 0.15) is 76.2 Å². The predicted octanol–water partition coefficient (Wildman–Crippen LogP) is 3.58. The van der Waals surface area contributed by atoms with Gasteiger partial charge in [-0.2, -0.15) is 0 Å². The molecule has 2 N–H and O–H groups in total. The smallest absolute Gasteiger partial charge is 0.191 e. The molecule has 1 aromatic heterocycles. The third kappa shape index (κ3) is 4.75. The van der Waals surface area contributed by atoms with Crippen molar-refractivity contribution in [2.24, 2.45) is 4.99 Å². The minimum Gasteiger partial charge on any atom is -0.359 e. The van der Waals surface area contributed by atoms with Crippen LogP contribution >= 0.6 is 0 Å². The fourth-order valence-corrected chi connectivity index (χ4v) is 3.12. The van der Waals surface area contributed by atoms with Crippen molar-refractivity contribution in [3.05, 3.63) is 17.5 Å². The van der Waals surface area contributed by atoms with E-state index in [1.807, 2.05) is 7.05 Å². The van der Waals surface area contributed by atoms with Gasteiger partial charge in [-0.15, -0.1) is 0 Å². The number of nitrogens with one attached hydrogen (secondary N) is 2. The van der Waals surface area contributed by atoms with Gasteiger partial charge < -0.3 is 15.2 Å². The molecule has 124 valence electrons. The Hall–Kier alpha value is -1.52. The first kappa shape index (κ1) is 16.8. The summed E-state index contributed by atoms with van der Waals surface area (Å²) in [5.41, 5.74) is 1.07. The summed E-state index contributed by atoms with van der Waals surface area (Å²) in [5, 5.41) is 11.0. The molecule has 1 aromatic rings. The first-order valence-corrected chi connectivity index (χ1v) is 8.69. The number of hydrogen-bond donors (Lipinski definition) is 2. The summed E-state index contributed by atoms with van der Waals surface area (Å²) in [6.07, 6.45) is 8.66. The van der Waals surface area contributed by atoms with E-state index in [1.165, 1.54) is 32.1 Å². The molecule has 1 aliphatic rings. The second kappa shape index (κ2) is 8.81. The molecule has 1 saturated carbocycles. The lowest BCUT2D eigenvalue weighted by atomic mass is 9.96. The minimum absolute atomic E-state index is 0.497. The van der Waals surface area contributed by atoms with Crippen molar-refractivity contribution < 1.29 is 4.52 Å². The zero-order valence-electron chi connectivity index (χ0n) is 14.2. The Morgan fingerprint density at radius 1 is 1.32 bits per heavy atom. The van der Waals surface area contributed by atoms with Crippen LogP contribution in [-0.4, -0.2) is 24.2 Å². The summed E-state index contributed by atoms with van der Waals surface area (Å²) in [5.74, 6) is 2.22. The number of hydrogen-bond acceptors (Lipinski definition) is 3. The van der Waals surface area contributed by atoms with Gasteiger partial charge in [0, 0.05) is 25.1 Å². The van der Waals surface area contributed by atoms with Gasteiger partial charge in [-0.05, 0) is 25.7 Å². The summed E-state index contributed by atoms with van der Waals surface area (Å²) in [6.45, 7) is 5.01. The first-order valence-electron chi connectivity index (χ1n) is 8.69. The molecule has 1 fully saturated rings. The molecule has 2 rings (SSSR count). The van der Waals surface area contributed by atoms with E-state index in [4.69, 9.17) is 4.52 Å². The topological polar surface area (TPSA) is 62.5 Å². The number of nitrogens with zero attached hydrogens (tertiary/aromatic N) is 2. The maximum atomic E-state index is 5.44. The molecule has 22 heavy (non-hydrogen) atoms. The van der Waals surface area contributed by atoms with Gasteiger partial charge >= 0.3 is 0 Å². The van der Waals surface area contributed by atoms with Gasteiger partial charge in [0.25, 0.3) is 0 Å².